The van der Waals surface area contributed by atoms with Crippen molar-refractivity contribution in [1.82, 2.24) is 0 Å². The third-order valence-corrected chi connectivity index (χ3v) is 4.29. The van der Waals surface area contributed by atoms with Gasteiger partial charge in [0, 0.05) is 0 Å². The standard InChI is InChI=1S/C6H4Cl3I3O2/c1-2(6(10,11)12)3(4(13)14)5(7,8)9/h1H3,(H,13,14)/b3-2+. The quantitative estimate of drug-likeness (QED) is 0.286. The smallest absolute Gasteiger partial charge is 0.335 e. The van der Waals surface area contributed by atoms with Gasteiger partial charge in [0.1, 0.15) is -0.565 Å². The van der Waals surface area contributed by atoms with E-state index >= 15 is 0 Å². The molecule has 0 aliphatic rings. The molecule has 0 atom stereocenters. The molecule has 82 valence electrons. The molecule has 0 aromatic heterocycles. The number of hydrogen-bond acceptors (Lipinski definition) is 1. The first-order chi connectivity index (χ1) is 5.98. The minimum absolute atomic E-state index is 0.194. The van der Waals surface area contributed by atoms with Crippen molar-refractivity contribution in [2.45, 2.75) is 10.2 Å². The minimum atomic E-state index is -1.90. The summed E-state index contributed by atoms with van der Waals surface area (Å²) in [5, 5.41) is 8.92. The zero-order chi connectivity index (χ0) is 11.7. The average molecular weight is 595 g/mol. The Bertz CT molecular complexity index is 277. The monoisotopic (exact) mass is 594 g/mol. The van der Waals surface area contributed by atoms with Gasteiger partial charge in [-0.05, 0) is 12.5 Å². The van der Waals surface area contributed by atoms with E-state index < -0.39 is 9.20 Å². The molecule has 0 fully saturated rings. The fraction of sp³-hybridized carbons (Fsp3) is 0.500. The molecule has 0 spiro atoms. The van der Waals surface area contributed by atoms with Gasteiger partial charge in [-0.3, -0.25) is 0 Å². The second kappa shape index (κ2) is 5.74. The van der Waals surface area contributed by atoms with Crippen molar-refractivity contribution >= 4 is 109 Å². The maximum atomic E-state index is 10.9. The Morgan fingerprint density at radius 3 is 1.64 bits per heavy atom. The van der Waals surface area contributed by atoms with Gasteiger partial charge in [0.15, 0.2) is 0 Å². The third kappa shape index (κ3) is 5.07. The molecule has 0 heterocycles. The first kappa shape index (κ1) is 16.3. The summed E-state index contributed by atoms with van der Waals surface area (Å²) in [4.78, 5) is 10.9. The van der Waals surface area contributed by atoms with Crippen molar-refractivity contribution in [1.29, 1.82) is 0 Å². The van der Waals surface area contributed by atoms with E-state index in [1.165, 1.54) is 0 Å². The maximum absolute atomic E-state index is 10.9. The van der Waals surface area contributed by atoms with Crippen LogP contribution in [0, 0.1) is 0 Å². The van der Waals surface area contributed by atoms with E-state index in [1.54, 1.807) is 6.92 Å². The molecule has 0 aliphatic carbocycles. The molecule has 0 aliphatic heterocycles. The molecule has 2 nitrogen and oxygen atoms in total. The number of aliphatic carboxylic acids is 1. The average Bonchev–Trinajstić information content (AvgIpc) is 1.79. The van der Waals surface area contributed by atoms with Gasteiger partial charge < -0.3 is 5.11 Å². The number of allylic oxidation sites excluding steroid dienone is 1. The first-order valence-corrected chi connectivity index (χ1v) is 7.43. The molecule has 0 aromatic carbocycles. The molecule has 1 N–H and O–H groups in total. The first-order valence-electron chi connectivity index (χ1n) is 3.06. The zero-order valence-corrected chi connectivity index (χ0v) is 15.4. The molecule has 14 heavy (non-hydrogen) atoms. The Labute approximate surface area is 138 Å². The van der Waals surface area contributed by atoms with Gasteiger partial charge in [-0.1, -0.05) is 103 Å². The fourth-order valence-corrected chi connectivity index (χ4v) is 2.11. The molecule has 0 unspecified atom stereocenters. The van der Waals surface area contributed by atoms with Crippen molar-refractivity contribution in [3.63, 3.8) is 0 Å². The van der Waals surface area contributed by atoms with E-state index in [2.05, 4.69) is 67.8 Å². The molecule has 0 amide bonds. The second-order valence-corrected chi connectivity index (χ2v) is 15.6. The summed E-state index contributed by atoms with van der Waals surface area (Å²) in [6, 6.07) is 0. The summed E-state index contributed by atoms with van der Waals surface area (Å²) in [5.74, 6) is -1.21. The van der Waals surface area contributed by atoms with Crippen LogP contribution in [-0.2, 0) is 4.79 Å². The van der Waals surface area contributed by atoms with E-state index in [4.69, 9.17) is 39.9 Å². The highest BCUT2D eigenvalue weighted by Crippen LogP contribution is 2.48. The van der Waals surface area contributed by atoms with Gasteiger partial charge in [-0.2, -0.15) is 0 Å². The lowest BCUT2D eigenvalue weighted by atomic mass is 10.2. The molecule has 0 saturated heterocycles. The lowest BCUT2D eigenvalue weighted by Gasteiger charge is -2.21. The normalized spacial score (nSPS) is 15.1. The highest BCUT2D eigenvalue weighted by Gasteiger charge is 2.38. The topological polar surface area (TPSA) is 37.3 Å². The Hall–Kier alpha value is 2.27. The summed E-state index contributed by atoms with van der Waals surface area (Å²) >= 11 is 22.9. The van der Waals surface area contributed by atoms with Crippen LogP contribution in [0.3, 0.4) is 0 Å². The molecule has 0 saturated carbocycles. The van der Waals surface area contributed by atoms with Crippen LogP contribution in [0.1, 0.15) is 6.92 Å². The molecule has 0 rings (SSSR count). The second-order valence-electron chi connectivity index (χ2n) is 2.30. The Kier molecular flexibility index (Phi) is 6.67. The molecular weight excluding hydrogens is 591 g/mol. The van der Waals surface area contributed by atoms with Gasteiger partial charge in [0.25, 0.3) is 0 Å². The lowest BCUT2D eigenvalue weighted by Crippen LogP contribution is -2.22. The Balaban J connectivity index is 5.53. The number of rotatable bonds is 2. The van der Waals surface area contributed by atoms with Crippen LogP contribution < -0.4 is 0 Å². The lowest BCUT2D eigenvalue weighted by molar-refractivity contribution is -0.132. The van der Waals surface area contributed by atoms with Crippen LogP contribution in [0.2, 0.25) is 0 Å². The van der Waals surface area contributed by atoms with E-state index in [9.17, 15) is 4.79 Å². The Morgan fingerprint density at radius 2 is 1.57 bits per heavy atom. The summed E-state index contributed by atoms with van der Waals surface area (Å²) in [7, 11) is 0. The number of alkyl halides is 6. The van der Waals surface area contributed by atoms with Crippen LogP contribution in [-0.4, -0.2) is 14.3 Å². The van der Waals surface area contributed by atoms with Crippen LogP contribution in [0.25, 0.3) is 0 Å². The Morgan fingerprint density at radius 1 is 1.21 bits per heavy atom. The van der Waals surface area contributed by atoms with Gasteiger partial charge in [-0.15, -0.1) is 0 Å². The van der Waals surface area contributed by atoms with Crippen LogP contribution in [0.4, 0.5) is 0 Å². The van der Waals surface area contributed by atoms with Crippen molar-refractivity contribution in [2.75, 3.05) is 0 Å². The van der Waals surface area contributed by atoms with Crippen molar-refractivity contribution in [2.24, 2.45) is 0 Å². The molecular formula is C6H4Cl3I3O2. The third-order valence-electron chi connectivity index (χ3n) is 1.30. The molecule has 0 aromatic rings. The van der Waals surface area contributed by atoms with Gasteiger partial charge in [0.2, 0.25) is 3.79 Å². The summed E-state index contributed by atoms with van der Waals surface area (Å²) in [6.45, 7) is 1.64. The summed E-state index contributed by atoms with van der Waals surface area (Å²) in [6.07, 6.45) is 0. The number of carboxylic acids is 1. The summed E-state index contributed by atoms with van der Waals surface area (Å²) < 4.78 is -2.33. The van der Waals surface area contributed by atoms with E-state index in [0.29, 0.717) is 5.57 Å². The van der Waals surface area contributed by atoms with Crippen molar-refractivity contribution < 1.29 is 9.90 Å². The van der Waals surface area contributed by atoms with Gasteiger partial charge >= 0.3 is 5.97 Å². The number of carbonyl (C=O) groups is 1. The van der Waals surface area contributed by atoms with E-state index in [0.717, 1.165) is 0 Å². The minimum Gasteiger partial charge on any atom is -0.478 e. The molecule has 0 radical (unpaired) electrons. The highest BCUT2D eigenvalue weighted by molar-refractivity contribution is 14.3. The van der Waals surface area contributed by atoms with Crippen LogP contribution in [0.5, 0.6) is 0 Å². The zero-order valence-electron chi connectivity index (χ0n) is 6.62. The molecule has 0 bridgehead atoms. The fourth-order valence-electron chi connectivity index (χ4n) is 0.636. The number of halogens is 6. The van der Waals surface area contributed by atoms with Crippen LogP contribution in [0.15, 0.2) is 11.1 Å². The molecule has 8 heteroatoms. The number of carboxylic acid groups (broad SMARTS) is 1. The predicted molar refractivity (Wildman–Crippen MR) is 85.4 cm³/mol. The van der Waals surface area contributed by atoms with Crippen molar-refractivity contribution in [3.8, 4) is 0 Å². The predicted octanol–water partition coefficient (Wildman–Crippen LogP) is 4.72. The van der Waals surface area contributed by atoms with Crippen LogP contribution >= 0.6 is 103 Å². The number of hydrogen-bond donors (Lipinski definition) is 1. The summed E-state index contributed by atoms with van der Waals surface area (Å²) in [5.41, 5.74) is 0.326. The maximum Gasteiger partial charge on any atom is 0.335 e. The van der Waals surface area contributed by atoms with E-state index in [1.807, 2.05) is 0 Å². The van der Waals surface area contributed by atoms with Gasteiger partial charge in [0.05, 0.1) is 5.57 Å². The van der Waals surface area contributed by atoms with Gasteiger partial charge in [-0.25, -0.2) is 4.79 Å². The highest BCUT2D eigenvalue weighted by atomic mass is 127. The van der Waals surface area contributed by atoms with E-state index in [-0.39, 0.29) is 5.57 Å². The SMILES string of the molecule is C/C(=C(/C(=O)O)C(Cl)(Cl)Cl)C(I)(I)I. The van der Waals surface area contributed by atoms with Crippen molar-refractivity contribution in [3.05, 3.63) is 11.1 Å². The largest absolute Gasteiger partial charge is 0.478 e.